The lowest BCUT2D eigenvalue weighted by Gasteiger charge is -2.14. The number of hydrogen-bond donors (Lipinski definition) is 1. The molecule has 0 aromatic heterocycles. The highest BCUT2D eigenvalue weighted by atomic mass is 16.5. The summed E-state index contributed by atoms with van der Waals surface area (Å²) in [4.78, 5) is 12.3. The molecule has 3 rings (SSSR count). The van der Waals surface area contributed by atoms with Crippen LogP contribution in [-0.4, -0.2) is 5.91 Å². The molecule has 0 spiro atoms. The Kier molecular flexibility index (Phi) is 4.74. The highest BCUT2D eigenvalue weighted by molar-refractivity contribution is 5.94. The molecule has 0 unspecified atom stereocenters. The fraction of sp³-hybridized carbons (Fsp3) is 0.316. The van der Waals surface area contributed by atoms with E-state index < -0.39 is 0 Å². The van der Waals surface area contributed by atoms with E-state index in [4.69, 9.17) is 4.74 Å². The first-order chi connectivity index (χ1) is 10.8. The van der Waals surface area contributed by atoms with Crippen molar-refractivity contribution in [2.24, 2.45) is 5.92 Å². The molecule has 0 aliphatic heterocycles. The normalized spacial score (nSPS) is 14.7. The van der Waals surface area contributed by atoms with Gasteiger partial charge in [-0.15, -0.1) is 0 Å². The van der Waals surface area contributed by atoms with Crippen molar-refractivity contribution in [3.8, 4) is 5.75 Å². The molecule has 1 fully saturated rings. The maximum Gasteiger partial charge on any atom is 0.227 e. The number of benzene rings is 2. The Morgan fingerprint density at radius 2 is 1.68 bits per heavy atom. The van der Waals surface area contributed by atoms with Crippen molar-refractivity contribution in [3.05, 3.63) is 60.2 Å². The van der Waals surface area contributed by atoms with Crippen LogP contribution in [0, 0.1) is 5.92 Å². The third kappa shape index (κ3) is 3.67. The van der Waals surface area contributed by atoms with Crippen LogP contribution < -0.4 is 10.1 Å². The summed E-state index contributed by atoms with van der Waals surface area (Å²) in [7, 11) is 0. The minimum atomic E-state index is 0.119. The molecule has 1 saturated carbocycles. The van der Waals surface area contributed by atoms with Crippen LogP contribution in [0.3, 0.4) is 0 Å². The Labute approximate surface area is 131 Å². The Balaban J connectivity index is 1.65. The van der Waals surface area contributed by atoms with Crippen LogP contribution in [0.25, 0.3) is 0 Å². The van der Waals surface area contributed by atoms with Crippen molar-refractivity contribution in [2.75, 3.05) is 5.32 Å². The third-order valence-corrected chi connectivity index (χ3v) is 4.11. The zero-order chi connectivity index (χ0) is 15.2. The van der Waals surface area contributed by atoms with E-state index in [0.717, 1.165) is 42.7 Å². The fourth-order valence-corrected chi connectivity index (χ4v) is 2.85. The Hall–Kier alpha value is -2.29. The largest absolute Gasteiger partial charge is 0.487 e. The first-order valence-corrected chi connectivity index (χ1v) is 7.89. The SMILES string of the molecule is O=C(Nc1ccccc1OCc1ccccc1)C1CCCC1. The molecule has 0 heterocycles. The van der Waals surface area contributed by atoms with Gasteiger partial charge in [0.1, 0.15) is 12.4 Å². The van der Waals surface area contributed by atoms with Gasteiger partial charge in [-0.1, -0.05) is 55.3 Å². The van der Waals surface area contributed by atoms with Gasteiger partial charge < -0.3 is 10.1 Å². The highest BCUT2D eigenvalue weighted by Gasteiger charge is 2.23. The molecule has 0 radical (unpaired) electrons. The van der Waals surface area contributed by atoms with Crippen LogP contribution in [-0.2, 0) is 11.4 Å². The van der Waals surface area contributed by atoms with Gasteiger partial charge in [0, 0.05) is 5.92 Å². The van der Waals surface area contributed by atoms with E-state index >= 15 is 0 Å². The molecule has 2 aromatic rings. The lowest BCUT2D eigenvalue weighted by molar-refractivity contribution is -0.119. The number of rotatable bonds is 5. The summed E-state index contributed by atoms with van der Waals surface area (Å²) in [5.74, 6) is 0.994. The van der Waals surface area contributed by atoms with Gasteiger partial charge in [-0.2, -0.15) is 0 Å². The van der Waals surface area contributed by atoms with E-state index in [-0.39, 0.29) is 11.8 Å². The second kappa shape index (κ2) is 7.12. The van der Waals surface area contributed by atoms with E-state index in [1.807, 2.05) is 54.6 Å². The average Bonchev–Trinajstić information content (AvgIpc) is 3.10. The van der Waals surface area contributed by atoms with Gasteiger partial charge in [-0.25, -0.2) is 0 Å². The van der Waals surface area contributed by atoms with Gasteiger partial charge in [-0.05, 0) is 30.5 Å². The first-order valence-electron chi connectivity index (χ1n) is 7.89. The second-order valence-corrected chi connectivity index (χ2v) is 5.74. The minimum Gasteiger partial charge on any atom is -0.487 e. The first kappa shape index (κ1) is 14.6. The van der Waals surface area contributed by atoms with Crippen molar-refractivity contribution in [2.45, 2.75) is 32.3 Å². The molecule has 22 heavy (non-hydrogen) atoms. The topological polar surface area (TPSA) is 38.3 Å². The molecule has 3 nitrogen and oxygen atoms in total. The molecule has 0 atom stereocenters. The maximum atomic E-state index is 12.3. The molecule has 114 valence electrons. The number of anilines is 1. The molecule has 2 aromatic carbocycles. The molecular weight excluding hydrogens is 274 g/mol. The average molecular weight is 295 g/mol. The van der Waals surface area contributed by atoms with Gasteiger partial charge in [0.05, 0.1) is 5.69 Å². The number of carbonyl (C=O) groups excluding carboxylic acids is 1. The molecule has 1 amide bonds. The summed E-state index contributed by atoms with van der Waals surface area (Å²) >= 11 is 0. The number of carbonyl (C=O) groups is 1. The quantitative estimate of drug-likeness (QED) is 0.888. The van der Waals surface area contributed by atoms with Crippen molar-refractivity contribution in [1.29, 1.82) is 0 Å². The lowest BCUT2D eigenvalue weighted by Crippen LogP contribution is -2.20. The molecule has 3 heteroatoms. The van der Waals surface area contributed by atoms with Gasteiger partial charge in [0.15, 0.2) is 0 Å². The van der Waals surface area contributed by atoms with Gasteiger partial charge in [0.2, 0.25) is 5.91 Å². The number of para-hydroxylation sites is 2. The third-order valence-electron chi connectivity index (χ3n) is 4.11. The molecule has 1 aliphatic rings. The zero-order valence-electron chi connectivity index (χ0n) is 12.6. The van der Waals surface area contributed by atoms with Crippen LogP contribution in [0.4, 0.5) is 5.69 Å². The van der Waals surface area contributed by atoms with Crippen LogP contribution in [0.1, 0.15) is 31.2 Å². The molecule has 1 N–H and O–H groups in total. The fourth-order valence-electron chi connectivity index (χ4n) is 2.85. The van der Waals surface area contributed by atoms with E-state index in [2.05, 4.69) is 5.32 Å². The summed E-state index contributed by atoms with van der Waals surface area (Å²) in [5.41, 5.74) is 1.87. The number of nitrogens with one attached hydrogen (secondary N) is 1. The molecular formula is C19H21NO2. The Morgan fingerprint density at radius 1 is 1.00 bits per heavy atom. The van der Waals surface area contributed by atoms with Gasteiger partial charge >= 0.3 is 0 Å². The van der Waals surface area contributed by atoms with Crippen LogP contribution in [0.5, 0.6) is 5.75 Å². The predicted molar refractivity (Wildman–Crippen MR) is 87.8 cm³/mol. The number of hydrogen-bond acceptors (Lipinski definition) is 2. The van der Waals surface area contributed by atoms with Gasteiger partial charge in [-0.3, -0.25) is 4.79 Å². The smallest absolute Gasteiger partial charge is 0.227 e. The maximum absolute atomic E-state index is 12.3. The van der Waals surface area contributed by atoms with Gasteiger partial charge in [0.25, 0.3) is 0 Å². The van der Waals surface area contributed by atoms with Crippen molar-refractivity contribution in [1.82, 2.24) is 0 Å². The minimum absolute atomic E-state index is 0.119. The summed E-state index contributed by atoms with van der Waals surface area (Å²) in [6.07, 6.45) is 4.31. The Morgan fingerprint density at radius 3 is 2.45 bits per heavy atom. The Bertz CT molecular complexity index is 618. The highest BCUT2D eigenvalue weighted by Crippen LogP contribution is 2.29. The monoisotopic (exact) mass is 295 g/mol. The van der Waals surface area contributed by atoms with Crippen LogP contribution >= 0.6 is 0 Å². The predicted octanol–water partition coefficient (Wildman–Crippen LogP) is 4.39. The summed E-state index contributed by atoms with van der Waals surface area (Å²) in [6, 6.07) is 17.7. The standard InChI is InChI=1S/C19H21NO2/c21-19(16-10-4-5-11-16)20-17-12-6-7-13-18(17)22-14-15-8-2-1-3-9-15/h1-3,6-9,12-13,16H,4-5,10-11,14H2,(H,20,21). The summed E-state index contributed by atoms with van der Waals surface area (Å²) < 4.78 is 5.87. The molecule has 0 saturated heterocycles. The summed E-state index contributed by atoms with van der Waals surface area (Å²) in [6.45, 7) is 0.497. The van der Waals surface area contributed by atoms with E-state index in [0.29, 0.717) is 6.61 Å². The second-order valence-electron chi connectivity index (χ2n) is 5.74. The lowest BCUT2D eigenvalue weighted by atomic mass is 10.1. The van der Waals surface area contributed by atoms with Crippen LogP contribution in [0.2, 0.25) is 0 Å². The number of amides is 1. The van der Waals surface area contributed by atoms with E-state index in [1.54, 1.807) is 0 Å². The molecule has 1 aliphatic carbocycles. The van der Waals surface area contributed by atoms with Crippen LogP contribution in [0.15, 0.2) is 54.6 Å². The van der Waals surface area contributed by atoms with E-state index in [9.17, 15) is 4.79 Å². The summed E-state index contributed by atoms with van der Waals surface area (Å²) in [5, 5.41) is 3.02. The zero-order valence-corrected chi connectivity index (χ0v) is 12.6. The van der Waals surface area contributed by atoms with E-state index in [1.165, 1.54) is 0 Å². The van der Waals surface area contributed by atoms with Crippen molar-refractivity contribution in [3.63, 3.8) is 0 Å². The van der Waals surface area contributed by atoms with Crippen molar-refractivity contribution >= 4 is 11.6 Å². The molecule has 0 bridgehead atoms. The number of ether oxygens (including phenoxy) is 1. The van der Waals surface area contributed by atoms with Crippen molar-refractivity contribution < 1.29 is 9.53 Å².